The minimum absolute atomic E-state index is 0.0652. The first kappa shape index (κ1) is 15.2. The lowest BCUT2D eigenvalue weighted by atomic mass is 9.96. The van der Waals surface area contributed by atoms with Crippen molar-refractivity contribution in [1.82, 2.24) is 0 Å². The first-order valence-corrected chi connectivity index (χ1v) is 6.47. The fourth-order valence-corrected chi connectivity index (χ4v) is 2.00. The highest BCUT2D eigenvalue weighted by Gasteiger charge is 2.26. The molecule has 1 atom stereocenters. The Bertz CT molecular complexity index is 696. The zero-order valence-electron chi connectivity index (χ0n) is 11.5. The average molecular weight is 298 g/mol. The van der Waals surface area contributed by atoms with E-state index in [9.17, 15) is 14.4 Å². The van der Waals surface area contributed by atoms with E-state index in [1.165, 1.54) is 24.3 Å². The molecule has 0 aliphatic rings. The largest absolute Gasteiger partial charge is 0.478 e. The van der Waals surface area contributed by atoms with Crippen molar-refractivity contribution in [3.05, 3.63) is 65.7 Å². The van der Waals surface area contributed by atoms with Crippen LogP contribution in [0.3, 0.4) is 0 Å². The van der Waals surface area contributed by atoms with Crippen LogP contribution in [0.1, 0.15) is 21.8 Å². The lowest BCUT2D eigenvalue weighted by Crippen LogP contribution is -2.32. The Morgan fingerprint density at radius 1 is 0.955 bits per heavy atom. The van der Waals surface area contributed by atoms with Gasteiger partial charge in [0.15, 0.2) is 0 Å². The molecule has 0 aliphatic heterocycles. The minimum atomic E-state index is -1.19. The maximum absolute atomic E-state index is 12.2. The molecule has 0 saturated heterocycles. The van der Waals surface area contributed by atoms with Gasteiger partial charge in [-0.25, -0.2) is 4.79 Å². The Kier molecular flexibility index (Phi) is 4.53. The second-order valence-corrected chi connectivity index (χ2v) is 4.62. The predicted octanol–water partition coefficient (Wildman–Crippen LogP) is 1.59. The Morgan fingerprint density at radius 2 is 1.55 bits per heavy atom. The number of carboxylic acids is 1. The molecule has 0 bridgehead atoms. The van der Waals surface area contributed by atoms with Crippen molar-refractivity contribution in [2.75, 3.05) is 5.32 Å². The summed E-state index contributed by atoms with van der Waals surface area (Å²) in [4.78, 5) is 34.7. The molecular formula is C16H14N2O4. The summed E-state index contributed by atoms with van der Waals surface area (Å²) >= 11 is 0. The summed E-state index contributed by atoms with van der Waals surface area (Å²) < 4.78 is 0. The highest BCUT2D eigenvalue weighted by atomic mass is 16.4. The van der Waals surface area contributed by atoms with Gasteiger partial charge >= 0.3 is 5.97 Å². The zero-order chi connectivity index (χ0) is 16.1. The number of benzene rings is 2. The highest BCUT2D eigenvalue weighted by molar-refractivity contribution is 6.10. The Balaban J connectivity index is 2.24. The number of hydrogen-bond acceptors (Lipinski definition) is 3. The fraction of sp³-hybridized carbons (Fsp3) is 0.0625. The van der Waals surface area contributed by atoms with Gasteiger partial charge in [-0.2, -0.15) is 0 Å². The number of rotatable bonds is 5. The predicted molar refractivity (Wildman–Crippen MR) is 80.4 cm³/mol. The molecule has 22 heavy (non-hydrogen) atoms. The van der Waals surface area contributed by atoms with Gasteiger partial charge in [-0.3, -0.25) is 9.59 Å². The standard InChI is InChI=1S/C16H14N2O4/c17-14(19)13(10-6-8-11(9-7-10)16(21)22)15(20)18-12-4-2-1-3-5-12/h1-9,13H,(H2,17,19)(H,18,20)(H,21,22)/t13-/m0/s1. The van der Waals surface area contributed by atoms with Gasteiger partial charge in [-0.1, -0.05) is 30.3 Å². The van der Waals surface area contributed by atoms with Gasteiger partial charge in [0.25, 0.3) is 0 Å². The van der Waals surface area contributed by atoms with E-state index in [0.717, 1.165) is 0 Å². The third-order valence-corrected chi connectivity index (χ3v) is 3.08. The molecule has 0 unspecified atom stereocenters. The lowest BCUT2D eigenvalue weighted by Gasteiger charge is -2.14. The normalized spacial score (nSPS) is 11.5. The molecule has 2 rings (SSSR count). The van der Waals surface area contributed by atoms with Gasteiger partial charge in [-0.05, 0) is 29.8 Å². The molecule has 6 heteroatoms. The number of nitrogens with two attached hydrogens (primary N) is 1. The van der Waals surface area contributed by atoms with E-state index in [1.54, 1.807) is 30.3 Å². The molecule has 0 radical (unpaired) electrons. The van der Waals surface area contributed by atoms with Crippen LogP contribution in [0.25, 0.3) is 0 Å². The zero-order valence-corrected chi connectivity index (χ0v) is 11.5. The third-order valence-electron chi connectivity index (χ3n) is 3.08. The van der Waals surface area contributed by atoms with Crippen molar-refractivity contribution in [2.24, 2.45) is 5.73 Å². The van der Waals surface area contributed by atoms with E-state index in [2.05, 4.69) is 5.32 Å². The summed E-state index contributed by atoms with van der Waals surface area (Å²) in [6.45, 7) is 0. The number of nitrogens with one attached hydrogen (secondary N) is 1. The van der Waals surface area contributed by atoms with Crippen LogP contribution in [0.4, 0.5) is 5.69 Å². The number of hydrogen-bond donors (Lipinski definition) is 3. The molecule has 0 aromatic heterocycles. The Labute approximate surface area is 126 Å². The molecule has 0 saturated carbocycles. The van der Waals surface area contributed by atoms with Crippen molar-refractivity contribution in [3.8, 4) is 0 Å². The summed E-state index contributed by atoms with van der Waals surface area (Å²) in [7, 11) is 0. The van der Waals surface area contributed by atoms with Crippen LogP contribution < -0.4 is 11.1 Å². The van der Waals surface area contributed by atoms with E-state index >= 15 is 0 Å². The van der Waals surface area contributed by atoms with Crippen LogP contribution >= 0.6 is 0 Å². The summed E-state index contributed by atoms with van der Waals surface area (Å²) in [5, 5.41) is 11.5. The van der Waals surface area contributed by atoms with Crippen LogP contribution in [0.5, 0.6) is 0 Å². The van der Waals surface area contributed by atoms with Crippen LogP contribution in [-0.4, -0.2) is 22.9 Å². The van der Waals surface area contributed by atoms with Crippen molar-refractivity contribution < 1.29 is 19.5 Å². The van der Waals surface area contributed by atoms with E-state index in [1.807, 2.05) is 0 Å². The van der Waals surface area contributed by atoms with Gasteiger partial charge < -0.3 is 16.2 Å². The molecule has 0 spiro atoms. The van der Waals surface area contributed by atoms with Crippen LogP contribution in [0, 0.1) is 0 Å². The van der Waals surface area contributed by atoms with Crippen LogP contribution in [-0.2, 0) is 9.59 Å². The van der Waals surface area contributed by atoms with Gasteiger partial charge in [0.05, 0.1) is 5.56 Å². The van der Waals surface area contributed by atoms with E-state index in [-0.39, 0.29) is 5.56 Å². The molecule has 6 nitrogen and oxygen atoms in total. The van der Waals surface area contributed by atoms with Crippen LogP contribution in [0.2, 0.25) is 0 Å². The number of anilines is 1. The summed E-state index contributed by atoms with van der Waals surface area (Å²) in [6.07, 6.45) is 0. The molecule has 112 valence electrons. The quantitative estimate of drug-likeness (QED) is 0.728. The smallest absolute Gasteiger partial charge is 0.335 e. The van der Waals surface area contributed by atoms with E-state index in [0.29, 0.717) is 11.3 Å². The fourth-order valence-electron chi connectivity index (χ4n) is 2.00. The second-order valence-electron chi connectivity index (χ2n) is 4.62. The molecular weight excluding hydrogens is 284 g/mol. The molecule has 2 aromatic carbocycles. The number of aromatic carboxylic acids is 1. The first-order chi connectivity index (χ1) is 10.5. The maximum atomic E-state index is 12.2. The van der Waals surface area contributed by atoms with E-state index in [4.69, 9.17) is 10.8 Å². The van der Waals surface area contributed by atoms with Gasteiger partial charge in [0.1, 0.15) is 5.92 Å². The third kappa shape index (κ3) is 3.49. The molecule has 2 aromatic rings. The number of carboxylic acid groups (broad SMARTS) is 1. The topological polar surface area (TPSA) is 109 Å². The first-order valence-electron chi connectivity index (χ1n) is 6.47. The number of amides is 2. The number of primary amides is 1. The van der Waals surface area contributed by atoms with Crippen molar-refractivity contribution in [3.63, 3.8) is 0 Å². The van der Waals surface area contributed by atoms with Gasteiger partial charge in [0.2, 0.25) is 11.8 Å². The molecule has 4 N–H and O–H groups in total. The van der Waals surface area contributed by atoms with Crippen molar-refractivity contribution in [2.45, 2.75) is 5.92 Å². The summed E-state index contributed by atoms with van der Waals surface area (Å²) in [5.41, 5.74) is 6.25. The number of para-hydroxylation sites is 1. The Morgan fingerprint density at radius 3 is 2.05 bits per heavy atom. The maximum Gasteiger partial charge on any atom is 0.335 e. The molecule has 0 aliphatic carbocycles. The SMILES string of the molecule is NC(=O)[C@@H](C(=O)Nc1ccccc1)c1ccc(C(=O)O)cc1. The average Bonchev–Trinajstić information content (AvgIpc) is 2.48. The summed E-state index contributed by atoms with van der Waals surface area (Å²) in [6, 6.07) is 14.1. The minimum Gasteiger partial charge on any atom is -0.478 e. The monoisotopic (exact) mass is 298 g/mol. The van der Waals surface area contributed by atoms with Crippen molar-refractivity contribution >= 4 is 23.5 Å². The van der Waals surface area contributed by atoms with Gasteiger partial charge in [0, 0.05) is 5.69 Å². The molecule has 0 fully saturated rings. The lowest BCUT2D eigenvalue weighted by molar-refractivity contribution is -0.127. The van der Waals surface area contributed by atoms with E-state index < -0.39 is 23.7 Å². The van der Waals surface area contributed by atoms with Gasteiger partial charge in [-0.15, -0.1) is 0 Å². The number of carbonyl (C=O) groups excluding carboxylic acids is 2. The van der Waals surface area contributed by atoms with Crippen LogP contribution in [0.15, 0.2) is 54.6 Å². The highest BCUT2D eigenvalue weighted by Crippen LogP contribution is 2.19. The molecule has 0 heterocycles. The second kappa shape index (κ2) is 6.53. The summed E-state index contributed by atoms with van der Waals surface area (Å²) in [5.74, 6) is -3.66. The number of carbonyl (C=O) groups is 3. The van der Waals surface area contributed by atoms with Crippen molar-refractivity contribution in [1.29, 1.82) is 0 Å². The molecule has 2 amide bonds. The Hall–Kier alpha value is -3.15.